The van der Waals surface area contributed by atoms with Gasteiger partial charge in [0, 0.05) is 26.1 Å². The Balaban J connectivity index is 1.44. The number of benzene rings is 1. The van der Waals surface area contributed by atoms with Crippen LogP contribution in [-0.4, -0.2) is 52.5 Å². The normalized spacial score (nSPS) is 21.4. The maximum Gasteiger partial charge on any atom is 0.240 e. The van der Waals surface area contributed by atoms with Crippen molar-refractivity contribution in [1.29, 1.82) is 0 Å². The van der Waals surface area contributed by atoms with E-state index in [0.717, 1.165) is 38.3 Å². The molecule has 0 bridgehead atoms. The summed E-state index contributed by atoms with van der Waals surface area (Å²) < 4.78 is 5.67. The van der Waals surface area contributed by atoms with E-state index >= 15 is 0 Å². The Morgan fingerprint density at radius 3 is 2.62 bits per heavy atom. The van der Waals surface area contributed by atoms with E-state index in [-0.39, 0.29) is 11.3 Å². The van der Waals surface area contributed by atoms with Crippen LogP contribution in [0.4, 0.5) is 0 Å². The molecule has 6 nitrogen and oxygen atoms in total. The van der Waals surface area contributed by atoms with E-state index in [1.165, 1.54) is 24.0 Å². The number of aromatic nitrogens is 2. The number of rotatable bonds is 7. The van der Waals surface area contributed by atoms with E-state index in [0.29, 0.717) is 24.8 Å². The summed E-state index contributed by atoms with van der Waals surface area (Å²) in [5, 5.41) is 4.42. The summed E-state index contributed by atoms with van der Waals surface area (Å²) in [6.45, 7) is 7.29. The summed E-state index contributed by atoms with van der Waals surface area (Å²) in [4.78, 5) is 20.9. The molecule has 1 aliphatic heterocycles. The zero-order valence-corrected chi connectivity index (χ0v) is 17.9. The summed E-state index contributed by atoms with van der Waals surface area (Å²) in [6.07, 6.45) is 5.18. The third-order valence-corrected chi connectivity index (χ3v) is 6.61. The molecule has 1 amide bonds. The average Bonchev–Trinajstić information content (AvgIpc) is 3.42. The summed E-state index contributed by atoms with van der Waals surface area (Å²) >= 11 is 0. The molecule has 2 heterocycles. The van der Waals surface area contributed by atoms with E-state index in [9.17, 15) is 4.79 Å². The van der Waals surface area contributed by atoms with Gasteiger partial charge in [0.05, 0.1) is 12.0 Å². The molecule has 0 radical (unpaired) electrons. The van der Waals surface area contributed by atoms with Crippen LogP contribution in [0.1, 0.15) is 61.9 Å². The second-order valence-corrected chi connectivity index (χ2v) is 8.87. The number of hydrogen-bond acceptors (Lipinski definition) is 5. The van der Waals surface area contributed by atoms with Gasteiger partial charge in [-0.05, 0) is 45.2 Å². The van der Waals surface area contributed by atoms with Crippen molar-refractivity contribution in [3.8, 4) is 0 Å². The van der Waals surface area contributed by atoms with Crippen LogP contribution >= 0.6 is 0 Å². The maximum absolute atomic E-state index is 12.0. The zero-order chi connectivity index (χ0) is 20.4. The molecule has 156 valence electrons. The minimum absolute atomic E-state index is 0.118. The lowest BCUT2D eigenvalue weighted by Crippen LogP contribution is -2.29. The Morgan fingerprint density at radius 1 is 1.24 bits per heavy atom. The Kier molecular flexibility index (Phi) is 5.72. The Morgan fingerprint density at radius 2 is 1.97 bits per heavy atom. The first-order chi connectivity index (χ1) is 14.0. The molecule has 1 aliphatic carbocycles. The van der Waals surface area contributed by atoms with Crippen molar-refractivity contribution in [3.05, 3.63) is 47.1 Å². The summed E-state index contributed by atoms with van der Waals surface area (Å²) in [7, 11) is 2.06. The fourth-order valence-corrected chi connectivity index (χ4v) is 5.02. The number of likely N-dealkylation sites (tertiary alicyclic amines) is 1. The SMILES string of the molecule is CCN1C[C@H](CN(C)Cc2nc(C3(c4ccc(C)cc4)CCCC3)no2)CC1=O. The van der Waals surface area contributed by atoms with Crippen LogP contribution < -0.4 is 0 Å². The predicted molar refractivity (Wildman–Crippen MR) is 111 cm³/mol. The minimum atomic E-state index is -0.118. The summed E-state index contributed by atoms with van der Waals surface area (Å²) in [5.41, 5.74) is 2.45. The van der Waals surface area contributed by atoms with Crippen LogP contribution in [0.25, 0.3) is 0 Å². The van der Waals surface area contributed by atoms with Gasteiger partial charge in [-0.15, -0.1) is 0 Å². The molecular formula is C23H32N4O2. The molecule has 1 aromatic heterocycles. The Labute approximate surface area is 173 Å². The van der Waals surface area contributed by atoms with Gasteiger partial charge in [0.15, 0.2) is 5.82 Å². The van der Waals surface area contributed by atoms with Crippen molar-refractivity contribution >= 4 is 5.91 Å². The van der Waals surface area contributed by atoms with Gasteiger partial charge in [0.25, 0.3) is 0 Å². The molecule has 0 unspecified atom stereocenters. The van der Waals surface area contributed by atoms with Crippen LogP contribution in [0.5, 0.6) is 0 Å². The average molecular weight is 397 g/mol. The monoisotopic (exact) mass is 396 g/mol. The van der Waals surface area contributed by atoms with Gasteiger partial charge in [-0.2, -0.15) is 4.98 Å². The highest BCUT2D eigenvalue weighted by atomic mass is 16.5. The first-order valence-electron chi connectivity index (χ1n) is 10.9. The van der Waals surface area contributed by atoms with E-state index in [1.807, 2.05) is 11.8 Å². The number of nitrogens with zero attached hydrogens (tertiary/aromatic N) is 4. The van der Waals surface area contributed by atoms with Crippen molar-refractivity contribution in [1.82, 2.24) is 19.9 Å². The van der Waals surface area contributed by atoms with E-state index in [1.54, 1.807) is 0 Å². The third kappa shape index (κ3) is 4.08. The summed E-state index contributed by atoms with van der Waals surface area (Å²) in [6, 6.07) is 8.79. The van der Waals surface area contributed by atoms with E-state index < -0.39 is 0 Å². The molecule has 2 aromatic rings. The van der Waals surface area contributed by atoms with Crippen molar-refractivity contribution < 1.29 is 9.32 Å². The van der Waals surface area contributed by atoms with Gasteiger partial charge in [0.1, 0.15) is 0 Å². The topological polar surface area (TPSA) is 62.5 Å². The summed E-state index contributed by atoms with van der Waals surface area (Å²) in [5.74, 6) is 2.14. The lowest BCUT2D eigenvalue weighted by Gasteiger charge is -2.26. The fourth-order valence-electron chi connectivity index (χ4n) is 5.02. The van der Waals surface area contributed by atoms with E-state index in [2.05, 4.69) is 48.3 Å². The highest BCUT2D eigenvalue weighted by Crippen LogP contribution is 2.45. The van der Waals surface area contributed by atoms with Gasteiger partial charge in [-0.1, -0.05) is 47.8 Å². The van der Waals surface area contributed by atoms with Crippen molar-refractivity contribution in [3.63, 3.8) is 0 Å². The van der Waals surface area contributed by atoms with E-state index in [4.69, 9.17) is 9.51 Å². The second kappa shape index (κ2) is 8.27. The molecule has 1 saturated carbocycles. The van der Waals surface area contributed by atoms with Crippen molar-refractivity contribution in [2.24, 2.45) is 5.92 Å². The number of hydrogen-bond donors (Lipinski definition) is 0. The molecule has 0 spiro atoms. The molecule has 1 saturated heterocycles. The van der Waals surface area contributed by atoms with Crippen LogP contribution in [0.2, 0.25) is 0 Å². The number of aryl methyl sites for hydroxylation is 1. The van der Waals surface area contributed by atoms with Crippen molar-refractivity contribution in [2.45, 2.75) is 57.9 Å². The lowest BCUT2D eigenvalue weighted by atomic mass is 9.78. The molecule has 2 fully saturated rings. The quantitative estimate of drug-likeness (QED) is 0.716. The number of amides is 1. The lowest BCUT2D eigenvalue weighted by molar-refractivity contribution is -0.127. The van der Waals surface area contributed by atoms with Crippen LogP contribution in [-0.2, 0) is 16.8 Å². The first kappa shape index (κ1) is 20.1. The number of carbonyl (C=O) groups is 1. The molecule has 29 heavy (non-hydrogen) atoms. The number of carbonyl (C=O) groups excluding carboxylic acids is 1. The zero-order valence-electron chi connectivity index (χ0n) is 17.9. The smallest absolute Gasteiger partial charge is 0.240 e. The van der Waals surface area contributed by atoms with Crippen LogP contribution in [0, 0.1) is 12.8 Å². The maximum atomic E-state index is 12.0. The van der Waals surface area contributed by atoms with Gasteiger partial charge < -0.3 is 9.42 Å². The molecule has 4 rings (SSSR count). The molecular weight excluding hydrogens is 364 g/mol. The standard InChI is InChI=1S/C23H32N4O2/c1-4-27-15-18(13-21(27)28)14-26(3)16-20-24-22(25-29-20)23(11-5-6-12-23)19-9-7-17(2)8-10-19/h7-10,18H,4-6,11-16H2,1-3H3/t18-/m0/s1. The molecule has 0 N–H and O–H groups in total. The molecule has 1 aromatic carbocycles. The Hall–Kier alpha value is -2.21. The molecule has 6 heteroatoms. The largest absolute Gasteiger partial charge is 0.343 e. The second-order valence-electron chi connectivity index (χ2n) is 8.87. The van der Waals surface area contributed by atoms with Crippen molar-refractivity contribution in [2.75, 3.05) is 26.7 Å². The molecule has 2 aliphatic rings. The Bertz CT molecular complexity index is 839. The van der Waals surface area contributed by atoms with Crippen LogP contribution in [0.15, 0.2) is 28.8 Å². The molecule has 1 atom stereocenters. The van der Waals surface area contributed by atoms with Crippen LogP contribution in [0.3, 0.4) is 0 Å². The fraction of sp³-hybridized carbons (Fsp3) is 0.609. The van der Waals surface area contributed by atoms with Gasteiger partial charge in [0.2, 0.25) is 11.8 Å². The minimum Gasteiger partial charge on any atom is -0.343 e. The third-order valence-electron chi connectivity index (χ3n) is 6.61. The highest BCUT2D eigenvalue weighted by Gasteiger charge is 2.41. The van der Waals surface area contributed by atoms with Gasteiger partial charge >= 0.3 is 0 Å². The predicted octanol–water partition coefficient (Wildman–Crippen LogP) is 3.54. The first-order valence-corrected chi connectivity index (χ1v) is 10.9. The van der Waals surface area contributed by atoms with Gasteiger partial charge in [-0.25, -0.2) is 0 Å². The van der Waals surface area contributed by atoms with Gasteiger partial charge in [-0.3, -0.25) is 9.69 Å². The highest BCUT2D eigenvalue weighted by molar-refractivity contribution is 5.78.